The van der Waals surface area contributed by atoms with E-state index in [-0.39, 0.29) is 0 Å². The highest BCUT2D eigenvalue weighted by atomic mass is 35.5. The minimum atomic E-state index is -1.02. The second kappa shape index (κ2) is 9.28. The molecule has 35 heavy (non-hydrogen) atoms. The number of nitrogens with one attached hydrogen (secondary N) is 2. The molecule has 2 spiro atoms. The van der Waals surface area contributed by atoms with Crippen LogP contribution in [0.4, 0.5) is 0 Å². The number of halogens is 1. The van der Waals surface area contributed by atoms with Gasteiger partial charge in [-0.1, -0.05) is 30.5 Å². The molecule has 5 aliphatic rings. The number of fused-ring (bicyclic) bond motifs is 3. The van der Waals surface area contributed by atoms with E-state index in [0.29, 0.717) is 10.6 Å². The zero-order valence-electron chi connectivity index (χ0n) is 19.5. The molecule has 6 rings (SSSR count). The number of hydrazine groups is 1. The second-order valence-electron chi connectivity index (χ2n) is 10.2. The topological polar surface area (TPSA) is 104 Å². The van der Waals surface area contributed by atoms with E-state index in [0.717, 1.165) is 64.2 Å². The number of hydrogen-bond donors (Lipinski definition) is 2. The van der Waals surface area contributed by atoms with Crippen molar-refractivity contribution in [2.45, 2.75) is 106 Å². The Labute approximate surface area is 209 Å². The lowest BCUT2D eigenvalue weighted by Gasteiger charge is -2.36. The molecule has 190 valence electrons. The van der Waals surface area contributed by atoms with Gasteiger partial charge in [-0.25, -0.2) is 0 Å². The first-order chi connectivity index (χ1) is 17.0. The Morgan fingerprint density at radius 2 is 1.43 bits per heavy atom. The van der Waals surface area contributed by atoms with Gasteiger partial charge in [0.2, 0.25) is 0 Å². The Bertz CT molecular complexity index is 978. The molecule has 9 nitrogen and oxygen atoms in total. The number of carbonyl (C=O) groups excluding carboxylic acids is 2. The van der Waals surface area contributed by atoms with Gasteiger partial charge in [0.25, 0.3) is 11.8 Å². The third kappa shape index (κ3) is 4.47. The van der Waals surface area contributed by atoms with Crippen LogP contribution in [0, 0.1) is 0 Å². The first kappa shape index (κ1) is 23.6. The molecular formula is C25H31ClN2O7. The highest BCUT2D eigenvalue weighted by Crippen LogP contribution is 2.50. The molecule has 5 atom stereocenters. The van der Waals surface area contributed by atoms with E-state index in [4.69, 9.17) is 35.3 Å². The molecule has 3 saturated heterocycles. The van der Waals surface area contributed by atoms with E-state index in [2.05, 4.69) is 10.9 Å². The smallest absolute Gasteiger partial charge is 0.270 e. The van der Waals surface area contributed by atoms with Crippen LogP contribution >= 0.6 is 11.6 Å². The van der Waals surface area contributed by atoms with Crippen molar-refractivity contribution in [2.75, 3.05) is 0 Å². The highest BCUT2D eigenvalue weighted by Gasteiger charge is 2.65. The van der Waals surface area contributed by atoms with E-state index in [1.807, 2.05) is 0 Å². The van der Waals surface area contributed by atoms with Crippen LogP contribution in [0.2, 0.25) is 5.02 Å². The van der Waals surface area contributed by atoms with Crippen molar-refractivity contribution < 1.29 is 33.3 Å². The molecule has 5 fully saturated rings. The zero-order valence-corrected chi connectivity index (χ0v) is 20.3. The summed E-state index contributed by atoms with van der Waals surface area (Å²) < 4.78 is 31.9. The standard InChI is InChI=1S/C25H31ClN2O7/c26-16-9-7-8-15(14-16)21(29)27-28-22(30)19-17-18(33-24(32-17)10-3-1-4-11-24)20-23(31-19)35-25(34-20)12-5-2-6-13-25/h7-9,14,17-20,23H,1-6,10-13H2,(H,27,29)(H,28,30)/t17-,18+,19-,20-,23-/m1/s1. The van der Waals surface area contributed by atoms with E-state index >= 15 is 0 Å². The maximum atomic E-state index is 13.3. The fourth-order valence-corrected chi connectivity index (χ4v) is 6.25. The Balaban J connectivity index is 1.20. The SMILES string of the molecule is O=C(NNC(=O)[C@@H]1O[C@@H]2OC3(CCCCC3)O[C@@H]2[C@H]2OC3(CCCCC3)O[C@H]21)c1cccc(Cl)c1. The van der Waals surface area contributed by atoms with Crippen LogP contribution in [-0.2, 0) is 28.5 Å². The molecule has 10 heteroatoms. The lowest BCUT2D eigenvalue weighted by atomic mass is 9.94. The average Bonchev–Trinajstić information content (AvgIpc) is 3.40. The van der Waals surface area contributed by atoms with Crippen LogP contribution in [0.3, 0.4) is 0 Å². The minimum absolute atomic E-state index is 0.327. The number of rotatable bonds is 2. The van der Waals surface area contributed by atoms with E-state index < -0.39 is 54.1 Å². The summed E-state index contributed by atoms with van der Waals surface area (Å²) in [6.45, 7) is 0. The van der Waals surface area contributed by atoms with Crippen molar-refractivity contribution >= 4 is 23.4 Å². The fourth-order valence-electron chi connectivity index (χ4n) is 6.06. The van der Waals surface area contributed by atoms with Gasteiger partial charge in [0.1, 0.15) is 18.3 Å². The molecule has 2 amide bonds. The van der Waals surface area contributed by atoms with Crippen molar-refractivity contribution in [1.29, 1.82) is 0 Å². The Morgan fingerprint density at radius 3 is 2.11 bits per heavy atom. The lowest BCUT2D eigenvalue weighted by Crippen LogP contribution is -2.61. The summed E-state index contributed by atoms with van der Waals surface area (Å²) in [5.74, 6) is -2.45. The van der Waals surface area contributed by atoms with Crippen molar-refractivity contribution in [1.82, 2.24) is 10.9 Å². The van der Waals surface area contributed by atoms with Crippen molar-refractivity contribution in [3.63, 3.8) is 0 Å². The van der Waals surface area contributed by atoms with Gasteiger partial charge in [-0.05, 0) is 43.9 Å². The van der Waals surface area contributed by atoms with Gasteiger partial charge in [-0.2, -0.15) is 0 Å². The van der Waals surface area contributed by atoms with Crippen molar-refractivity contribution in [3.8, 4) is 0 Å². The number of amides is 2. The Morgan fingerprint density at radius 1 is 0.800 bits per heavy atom. The molecule has 1 aromatic carbocycles. The fraction of sp³-hybridized carbons (Fsp3) is 0.680. The molecule has 2 N–H and O–H groups in total. The van der Waals surface area contributed by atoms with Gasteiger partial charge in [0, 0.05) is 36.3 Å². The molecule has 1 aromatic rings. The molecule has 3 heterocycles. The monoisotopic (exact) mass is 506 g/mol. The number of ether oxygens (including phenoxy) is 5. The third-order valence-corrected chi connectivity index (χ3v) is 7.99. The molecule has 3 aliphatic heterocycles. The molecule has 0 unspecified atom stereocenters. The second-order valence-corrected chi connectivity index (χ2v) is 10.6. The predicted molar refractivity (Wildman–Crippen MR) is 123 cm³/mol. The molecule has 2 saturated carbocycles. The lowest BCUT2D eigenvalue weighted by molar-refractivity contribution is -0.247. The van der Waals surface area contributed by atoms with Gasteiger partial charge >= 0.3 is 0 Å². The Kier molecular flexibility index (Phi) is 6.27. The molecule has 0 aromatic heterocycles. The summed E-state index contributed by atoms with van der Waals surface area (Å²) in [4.78, 5) is 25.8. The van der Waals surface area contributed by atoms with E-state index in [1.54, 1.807) is 18.2 Å². The third-order valence-electron chi connectivity index (χ3n) is 7.75. The summed E-state index contributed by atoms with van der Waals surface area (Å²) >= 11 is 5.97. The maximum Gasteiger partial charge on any atom is 0.270 e. The summed E-state index contributed by atoms with van der Waals surface area (Å²) in [7, 11) is 0. The van der Waals surface area contributed by atoms with Gasteiger partial charge < -0.3 is 23.7 Å². The van der Waals surface area contributed by atoms with Gasteiger partial charge in [-0.15, -0.1) is 0 Å². The zero-order chi connectivity index (χ0) is 24.0. The first-order valence-corrected chi connectivity index (χ1v) is 13.1. The van der Waals surface area contributed by atoms with Gasteiger partial charge in [0.15, 0.2) is 24.0 Å². The van der Waals surface area contributed by atoms with Crippen LogP contribution in [0.1, 0.15) is 74.6 Å². The highest BCUT2D eigenvalue weighted by molar-refractivity contribution is 6.30. The number of benzene rings is 1. The van der Waals surface area contributed by atoms with Crippen LogP contribution < -0.4 is 10.9 Å². The normalized spacial score (nSPS) is 34.8. The Hall–Kier alpha value is -1.75. The largest absolute Gasteiger partial charge is 0.341 e. The molecule has 0 radical (unpaired) electrons. The average molecular weight is 507 g/mol. The molecule has 0 bridgehead atoms. The maximum absolute atomic E-state index is 13.3. The van der Waals surface area contributed by atoms with Crippen LogP contribution in [0.15, 0.2) is 24.3 Å². The summed E-state index contributed by atoms with van der Waals surface area (Å²) in [6, 6.07) is 6.47. The van der Waals surface area contributed by atoms with Gasteiger partial charge in [0.05, 0.1) is 0 Å². The van der Waals surface area contributed by atoms with Crippen molar-refractivity contribution in [3.05, 3.63) is 34.9 Å². The summed E-state index contributed by atoms with van der Waals surface area (Å²) in [5.41, 5.74) is 5.26. The molecule has 2 aliphatic carbocycles. The van der Waals surface area contributed by atoms with Crippen LogP contribution in [0.25, 0.3) is 0 Å². The molecular weight excluding hydrogens is 476 g/mol. The number of hydrogen-bond acceptors (Lipinski definition) is 7. The van der Waals surface area contributed by atoms with Gasteiger partial charge in [-0.3, -0.25) is 20.4 Å². The van der Waals surface area contributed by atoms with E-state index in [9.17, 15) is 9.59 Å². The van der Waals surface area contributed by atoms with Crippen molar-refractivity contribution in [2.24, 2.45) is 0 Å². The summed E-state index contributed by atoms with van der Waals surface area (Å²) in [5, 5.41) is 0.429. The van der Waals surface area contributed by atoms with Crippen LogP contribution in [0.5, 0.6) is 0 Å². The minimum Gasteiger partial charge on any atom is -0.341 e. The van der Waals surface area contributed by atoms with E-state index in [1.165, 1.54) is 6.07 Å². The number of carbonyl (C=O) groups is 2. The quantitative estimate of drug-likeness (QED) is 0.593. The first-order valence-electron chi connectivity index (χ1n) is 12.7. The predicted octanol–water partition coefficient (Wildman–Crippen LogP) is 3.35. The summed E-state index contributed by atoms with van der Waals surface area (Å²) in [6.07, 6.45) is 6.06. The van der Waals surface area contributed by atoms with Crippen LogP contribution in [-0.4, -0.2) is 54.1 Å².